The summed E-state index contributed by atoms with van der Waals surface area (Å²) in [6.07, 6.45) is 2.01. The molecule has 0 spiro atoms. The highest BCUT2D eigenvalue weighted by Crippen LogP contribution is 2.26. The van der Waals surface area contributed by atoms with Gasteiger partial charge < -0.3 is 14.5 Å². The highest BCUT2D eigenvalue weighted by Gasteiger charge is 2.24. The van der Waals surface area contributed by atoms with Crippen LogP contribution in [-0.4, -0.2) is 44.1 Å². The Hall–Kier alpha value is -3.05. The molecular weight excluding hydrogens is 380 g/mol. The van der Waals surface area contributed by atoms with Crippen molar-refractivity contribution in [1.82, 2.24) is 4.90 Å². The molecule has 1 amide bonds. The predicted molar refractivity (Wildman–Crippen MR) is 120 cm³/mol. The minimum atomic E-state index is 0.0925. The van der Waals surface area contributed by atoms with Gasteiger partial charge in [0.1, 0.15) is 5.75 Å². The van der Waals surface area contributed by atoms with E-state index in [2.05, 4.69) is 11.0 Å². The van der Waals surface area contributed by atoms with Gasteiger partial charge in [0.05, 0.1) is 7.11 Å². The molecule has 29 heavy (non-hydrogen) atoms. The predicted octanol–water partition coefficient (Wildman–Crippen LogP) is 4.65. The van der Waals surface area contributed by atoms with Crippen LogP contribution in [-0.2, 0) is 4.79 Å². The van der Waals surface area contributed by atoms with Crippen molar-refractivity contribution in [2.24, 2.45) is 0 Å². The van der Waals surface area contributed by atoms with Crippen molar-refractivity contribution >= 4 is 34.6 Å². The Morgan fingerprint density at radius 3 is 2.45 bits per heavy atom. The van der Waals surface area contributed by atoms with Gasteiger partial charge in [-0.2, -0.15) is 0 Å². The lowest BCUT2D eigenvalue weighted by Gasteiger charge is -2.36. The van der Waals surface area contributed by atoms with Crippen LogP contribution in [0.2, 0.25) is 0 Å². The number of hydrogen-bond donors (Lipinski definition) is 0. The van der Waals surface area contributed by atoms with E-state index < -0.39 is 0 Å². The molecule has 2 aromatic carbocycles. The maximum atomic E-state index is 13.4. The summed E-state index contributed by atoms with van der Waals surface area (Å²) in [5, 5.41) is 2.03. The van der Waals surface area contributed by atoms with Gasteiger partial charge in [-0.3, -0.25) is 4.79 Å². The summed E-state index contributed by atoms with van der Waals surface area (Å²) in [7, 11) is 1.68. The molecule has 1 aromatic heterocycles. The van der Waals surface area contributed by atoms with Crippen LogP contribution < -0.4 is 9.64 Å². The Bertz CT molecular complexity index is 975. The van der Waals surface area contributed by atoms with E-state index in [1.807, 2.05) is 77.0 Å². The average Bonchev–Trinajstić information content (AvgIpc) is 3.31. The average molecular weight is 405 g/mol. The summed E-state index contributed by atoms with van der Waals surface area (Å²) < 4.78 is 5.34. The van der Waals surface area contributed by atoms with Crippen LogP contribution in [0.3, 0.4) is 0 Å². The van der Waals surface area contributed by atoms with Gasteiger partial charge in [0.15, 0.2) is 0 Å². The molecule has 148 valence electrons. The molecule has 1 aliphatic heterocycles. The lowest BCUT2D eigenvalue weighted by molar-refractivity contribution is -0.125. The zero-order valence-electron chi connectivity index (χ0n) is 16.5. The standard InChI is InChI=1S/C24H24N2O2S/c1-28-21-10-5-9-20(17-21)25-12-14-26(15-13-25)24(27)23(18-22-11-6-16-29-22)19-7-3-2-4-8-19/h2-11,16-18H,12-15H2,1H3/b23-18+. The minimum absolute atomic E-state index is 0.0925. The van der Waals surface area contributed by atoms with E-state index >= 15 is 0 Å². The van der Waals surface area contributed by atoms with Crippen LogP contribution in [0.15, 0.2) is 72.1 Å². The van der Waals surface area contributed by atoms with Crippen molar-refractivity contribution in [1.29, 1.82) is 0 Å². The van der Waals surface area contributed by atoms with E-state index in [-0.39, 0.29) is 5.91 Å². The fraction of sp³-hybridized carbons (Fsp3) is 0.208. The van der Waals surface area contributed by atoms with E-state index in [4.69, 9.17) is 4.74 Å². The Balaban J connectivity index is 1.51. The number of methoxy groups -OCH3 is 1. The normalized spacial score (nSPS) is 14.7. The highest BCUT2D eigenvalue weighted by molar-refractivity contribution is 7.11. The summed E-state index contributed by atoms with van der Waals surface area (Å²) in [6.45, 7) is 3.01. The molecule has 4 nitrogen and oxygen atoms in total. The van der Waals surface area contributed by atoms with Crippen LogP contribution in [0.4, 0.5) is 5.69 Å². The SMILES string of the molecule is COc1cccc(N2CCN(C(=O)/C(=C/c3cccs3)c3ccccc3)CC2)c1. The first-order valence-corrected chi connectivity index (χ1v) is 10.6. The van der Waals surface area contributed by atoms with Gasteiger partial charge in [-0.1, -0.05) is 42.5 Å². The number of amides is 1. The molecule has 0 atom stereocenters. The Morgan fingerprint density at radius 2 is 1.76 bits per heavy atom. The Kier molecular flexibility index (Phi) is 5.96. The molecule has 4 rings (SSSR count). The first-order chi connectivity index (χ1) is 14.2. The van der Waals surface area contributed by atoms with Crippen molar-refractivity contribution in [3.63, 3.8) is 0 Å². The fourth-order valence-electron chi connectivity index (χ4n) is 3.55. The van der Waals surface area contributed by atoms with Crippen LogP contribution in [0.25, 0.3) is 11.6 Å². The number of anilines is 1. The maximum absolute atomic E-state index is 13.4. The first-order valence-electron chi connectivity index (χ1n) is 9.73. The van der Waals surface area contributed by atoms with Gasteiger partial charge in [-0.15, -0.1) is 11.3 Å². The van der Waals surface area contributed by atoms with Gasteiger partial charge >= 0.3 is 0 Å². The number of piperazine rings is 1. The molecule has 2 heterocycles. The Labute approximate surface area is 175 Å². The van der Waals surface area contributed by atoms with Gasteiger partial charge in [0, 0.05) is 48.4 Å². The first kappa shape index (κ1) is 19.3. The van der Waals surface area contributed by atoms with Crippen molar-refractivity contribution in [2.45, 2.75) is 0 Å². The number of rotatable bonds is 5. The van der Waals surface area contributed by atoms with Crippen molar-refractivity contribution in [3.8, 4) is 5.75 Å². The molecule has 0 radical (unpaired) electrons. The smallest absolute Gasteiger partial charge is 0.254 e. The molecule has 0 saturated carbocycles. The lowest BCUT2D eigenvalue weighted by atomic mass is 10.0. The summed E-state index contributed by atoms with van der Waals surface area (Å²) in [6, 6.07) is 22.1. The van der Waals surface area contributed by atoms with E-state index in [0.29, 0.717) is 13.1 Å². The third kappa shape index (κ3) is 4.51. The van der Waals surface area contributed by atoms with E-state index in [9.17, 15) is 4.79 Å². The summed E-state index contributed by atoms with van der Waals surface area (Å²) in [4.78, 5) is 18.7. The molecule has 1 fully saturated rings. The van der Waals surface area contributed by atoms with E-state index in [1.165, 1.54) is 0 Å². The van der Waals surface area contributed by atoms with Crippen LogP contribution >= 0.6 is 11.3 Å². The number of carbonyl (C=O) groups excluding carboxylic acids is 1. The molecule has 0 bridgehead atoms. The van der Waals surface area contributed by atoms with E-state index in [0.717, 1.165) is 40.5 Å². The second-order valence-corrected chi connectivity index (χ2v) is 7.90. The largest absolute Gasteiger partial charge is 0.497 e. The molecule has 5 heteroatoms. The number of hydrogen-bond acceptors (Lipinski definition) is 4. The Morgan fingerprint density at radius 1 is 0.966 bits per heavy atom. The van der Waals surface area contributed by atoms with Gasteiger partial charge in [-0.05, 0) is 35.2 Å². The molecule has 1 saturated heterocycles. The molecule has 0 unspecified atom stereocenters. The molecule has 1 aliphatic rings. The van der Waals surface area contributed by atoms with Gasteiger partial charge in [0.25, 0.3) is 5.91 Å². The summed E-state index contributed by atoms with van der Waals surface area (Å²) >= 11 is 1.64. The van der Waals surface area contributed by atoms with Crippen LogP contribution in [0, 0.1) is 0 Å². The van der Waals surface area contributed by atoms with Crippen molar-refractivity contribution in [2.75, 3.05) is 38.2 Å². The number of nitrogens with zero attached hydrogens (tertiary/aromatic N) is 2. The second kappa shape index (κ2) is 8.97. The third-order valence-corrected chi connectivity index (χ3v) is 5.95. The highest BCUT2D eigenvalue weighted by atomic mass is 32.1. The molecule has 0 N–H and O–H groups in total. The quantitative estimate of drug-likeness (QED) is 0.581. The molecular formula is C24H24N2O2S. The van der Waals surface area contributed by atoms with Crippen molar-refractivity contribution in [3.05, 3.63) is 82.6 Å². The van der Waals surface area contributed by atoms with Gasteiger partial charge in [-0.25, -0.2) is 0 Å². The topological polar surface area (TPSA) is 32.8 Å². The third-order valence-electron chi connectivity index (χ3n) is 5.13. The molecule has 3 aromatic rings. The second-order valence-electron chi connectivity index (χ2n) is 6.92. The van der Waals surface area contributed by atoms with Gasteiger partial charge in [0.2, 0.25) is 0 Å². The van der Waals surface area contributed by atoms with E-state index in [1.54, 1.807) is 18.4 Å². The minimum Gasteiger partial charge on any atom is -0.497 e. The number of thiophene rings is 1. The number of carbonyl (C=O) groups is 1. The zero-order valence-corrected chi connectivity index (χ0v) is 17.3. The number of benzene rings is 2. The van der Waals surface area contributed by atoms with Crippen LogP contribution in [0.5, 0.6) is 5.75 Å². The summed E-state index contributed by atoms with van der Waals surface area (Å²) in [5.74, 6) is 0.946. The number of ether oxygens (including phenoxy) is 1. The molecule has 0 aliphatic carbocycles. The fourth-order valence-corrected chi connectivity index (χ4v) is 4.20. The maximum Gasteiger partial charge on any atom is 0.254 e. The summed E-state index contributed by atoms with van der Waals surface area (Å²) in [5.41, 5.74) is 2.85. The van der Waals surface area contributed by atoms with Crippen LogP contribution in [0.1, 0.15) is 10.4 Å². The van der Waals surface area contributed by atoms with Crippen molar-refractivity contribution < 1.29 is 9.53 Å². The lowest BCUT2D eigenvalue weighted by Crippen LogP contribution is -2.49. The zero-order chi connectivity index (χ0) is 20.1. The monoisotopic (exact) mass is 404 g/mol.